The van der Waals surface area contributed by atoms with Gasteiger partial charge < -0.3 is 15.4 Å². The average molecular weight is 303 g/mol. The van der Waals surface area contributed by atoms with E-state index in [2.05, 4.69) is 27.7 Å². The Balaban J connectivity index is 1.47. The standard InChI is InChI=1S/C17H25N3O2/c21-17(12-16-2-1-7-18-16)19-15-5-3-14(4-6-15)13-20-8-10-22-11-9-20/h3-6,16,18H,1-2,7-13H2,(H,19,21). The zero-order chi connectivity index (χ0) is 15.2. The van der Waals surface area contributed by atoms with Gasteiger partial charge in [0.25, 0.3) is 0 Å². The number of amides is 1. The molecule has 0 saturated carbocycles. The van der Waals surface area contributed by atoms with Crippen LogP contribution < -0.4 is 10.6 Å². The molecular formula is C17H25N3O2. The molecule has 0 aromatic heterocycles. The Morgan fingerprint density at radius 3 is 2.73 bits per heavy atom. The largest absolute Gasteiger partial charge is 0.379 e. The highest BCUT2D eigenvalue weighted by Crippen LogP contribution is 2.14. The number of hydrogen-bond acceptors (Lipinski definition) is 4. The van der Waals surface area contributed by atoms with Gasteiger partial charge in [-0.15, -0.1) is 0 Å². The van der Waals surface area contributed by atoms with Crippen LogP contribution in [-0.2, 0) is 16.1 Å². The summed E-state index contributed by atoms with van der Waals surface area (Å²) in [7, 11) is 0. The van der Waals surface area contributed by atoms with E-state index in [1.807, 2.05) is 12.1 Å². The molecule has 2 fully saturated rings. The highest BCUT2D eigenvalue weighted by molar-refractivity contribution is 5.91. The maximum absolute atomic E-state index is 12.0. The van der Waals surface area contributed by atoms with E-state index in [1.165, 1.54) is 12.0 Å². The molecule has 0 bridgehead atoms. The van der Waals surface area contributed by atoms with Gasteiger partial charge >= 0.3 is 0 Å². The second kappa shape index (κ2) is 7.72. The first-order chi connectivity index (χ1) is 10.8. The highest BCUT2D eigenvalue weighted by atomic mass is 16.5. The third-order valence-corrected chi connectivity index (χ3v) is 4.34. The Labute approximate surface area is 132 Å². The molecule has 1 amide bonds. The fourth-order valence-corrected chi connectivity index (χ4v) is 3.08. The Morgan fingerprint density at radius 1 is 1.27 bits per heavy atom. The van der Waals surface area contributed by atoms with E-state index in [1.54, 1.807) is 0 Å². The van der Waals surface area contributed by atoms with Crippen molar-refractivity contribution in [3.05, 3.63) is 29.8 Å². The molecule has 0 aliphatic carbocycles. The van der Waals surface area contributed by atoms with E-state index in [0.717, 1.165) is 51.5 Å². The minimum Gasteiger partial charge on any atom is -0.379 e. The van der Waals surface area contributed by atoms with Gasteiger partial charge in [-0.2, -0.15) is 0 Å². The summed E-state index contributed by atoms with van der Waals surface area (Å²) in [4.78, 5) is 14.4. The van der Waals surface area contributed by atoms with Crippen LogP contribution in [0, 0.1) is 0 Å². The summed E-state index contributed by atoms with van der Waals surface area (Å²) >= 11 is 0. The summed E-state index contributed by atoms with van der Waals surface area (Å²) in [6.45, 7) is 5.62. The number of ether oxygens (including phenoxy) is 1. The molecular weight excluding hydrogens is 278 g/mol. The Bertz CT molecular complexity index is 477. The van der Waals surface area contributed by atoms with Gasteiger partial charge in [0, 0.05) is 37.8 Å². The van der Waals surface area contributed by atoms with Crippen LogP contribution >= 0.6 is 0 Å². The number of nitrogens with one attached hydrogen (secondary N) is 2. The molecule has 2 saturated heterocycles. The van der Waals surface area contributed by atoms with E-state index in [-0.39, 0.29) is 5.91 Å². The molecule has 5 nitrogen and oxygen atoms in total. The van der Waals surface area contributed by atoms with Crippen molar-refractivity contribution in [2.24, 2.45) is 0 Å². The number of anilines is 1. The lowest BCUT2D eigenvalue weighted by Crippen LogP contribution is -2.35. The van der Waals surface area contributed by atoms with Crippen molar-refractivity contribution in [2.45, 2.75) is 31.8 Å². The van der Waals surface area contributed by atoms with Gasteiger partial charge in [0.2, 0.25) is 5.91 Å². The summed E-state index contributed by atoms with van der Waals surface area (Å²) in [5, 5.41) is 6.34. The second-order valence-corrected chi connectivity index (χ2v) is 6.13. The van der Waals surface area contributed by atoms with Gasteiger partial charge in [-0.3, -0.25) is 9.69 Å². The molecule has 5 heteroatoms. The van der Waals surface area contributed by atoms with Crippen molar-refractivity contribution in [1.82, 2.24) is 10.2 Å². The van der Waals surface area contributed by atoms with Crippen LogP contribution in [0.3, 0.4) is 0 Å². The van der Waals surface area contributed by atoms with Crippen LogP contribution in [-0.4, -0.2) is 49.7 Å². The molecule has 22 heavy (non-hydrogen) atoms. The number of carbonyl (C=O) groups is 1. The van der Waals surface area contributed by atoms with Crippen molar-refractivity contribution in [3.63, 3.8) is 0 Å². The maximum Gasteiger partial charge on any atom is 0.225 e. The van der Waals surface area contributed by atoms with Gasteiger partial charge in [0.05, 0.1) is 13.2 Å². The highest BCUT2D eigenvalue weighted by Gasteiger charge is 2.17. The summed E-state index contributed by atoms with van der Waals surface area (Å²) in [6, 6.07) is 8.53. The first-order valence-corrected chi connectivity index (χ1v) is 8.22. The molecule has 2 aliphatic heterocycles. The van der Waals surface area contributed by atoms with Crippen LogP contribution in [0.2, 0.25) is 0 Å². The topological polar surface area (TPSA) is 53.6 Å². The molecule has 2 N–H and O–H groups in total. The van der Waals surface area contributed by atoms with E-state index in [4.69, 9.17) is 4.74 Å². The molecule has 1 unspecified atom stereocenters. The first-order valence-electron chi connectivity index (χ1n) is 8.22. The van der Waals surface area contributed by atoms with Gasteiger partial charge in [-0.05, 0) is 37.1 Å². The van der Waals surface area contributed by atoms with Crippen molar-refractivity contribution in [1.29, 1.82) is 0 Å². The molecule has 2 aliphatic rings. The lowest BCUT2D eigenvalue weighted by molar-refractivity contribution is -0.116. The van der Waals surface area contributed by atoms with Gasteiger partial charge in [-0.1, -0.05) is 12.1 Å². The Morgan fingerprint density at radius 2 is 2.05 bits per heavy atom. The number of hydrogen-bond donors (Lipinski definition) is 2. The lowest BCUT2D eigenvalue weighted by Gasteiger charge is -2.26. The number of carbonyl (C=O) groups excluding carboxylic acids is 1. The summed E-state index contributed by atoms with van der Waals surface area (Å²) < 4.78 is 5.36. The predicted molar refractivity (Wildman–Crippen MR) is 86.8 cm³/mol. The number of benzene rings is 1. The molecule has 120 valence electrons. The normalized spacial score (nSPS) is 22.6. The summed E-state index contributed by atoms with van der Waals surface area (Å²) in [5.41, 5.74) is 2.16. The zero-order valence-electron chi connectivity index (χ0n) is 13.0. The minimum absolute atomic E-state index is 0.0975. The molecule has 1 aromatic rings. The molecule has 2 heterocycles. The van der Waals surface area contributed by atoms with Crippen LogP contribution in [0.15, 0.2) is 24.3 Å². The Hall–Kier alpha value is -1.43. The lowest BCUT2D eigenvalue weighted by atomic mass is 10.1. The monoisotopic (exact) mass is 303 g/mol. The third-order valence-electron chi connectivity index (χ3n) is 4.34. The molecule has 0 spiro atoms. The van der Waals surface area contributed by atoms with Crippen molar-refractivity contribution in [3.8, 4) is 0 Å². The minimum atomic E-state index is 0.0975. The van der Waals surface area contributed by atoms with Gasteiger partial charge in [0.1, 0.15) is 0 Å². The van der Waals surface area contributed by atoms with Crippen LogP contribution in [0.4, 0.5) is 5.69 Å². The maximum atomic E-state index is 12.0. The number of morpholine rings is 1. The van der Waals surface area contributed by atoms with E-state index in [9.17, 15) is 4.79 Å². The van der Waals surface area contributed by atoms with E-state index >= 15 is 0 Å². The van der Waals surface area contributed by atoms with E-state index in [0.29, 0.717) is 12.5 Å². The van der Waals surface area contributed by atoms with Gasteiger partial charge in [0.15, 0.2) is 0 Å². The number of rotatable bonds is 5. The van der Waals surface area contributed by atoms with Crippen LogP contribution in [0.25, 0.3) is 0 Å². The molecule has 3 rings (SSSR count). The summed E-state index contributed by atoms with van der Waals surface area (Å²) in [6.07, 6.45) is 2.84. The SMILES string of the molecule is O=C(CC1CCCN1)Nc1ccc(CN2CCOCC2)cc1. The van der Waals surface area contributed by atoms with E-state index < -0.39 is 0 Å². The van der Waals surface area contributed by atoms with Crippen LogP contribution in [0.1, 0.15) is 24.8 Å². The van der Waals surface area contributed by atoms with Gasteiger partial charge in [-0.25, -0.2) is 0 Å². The first kappa shape index (κ1) is 15.5. The van der Waals surface area contributed by atoms with Crippen LogP contribution in [0.5, 0.6) is 0 Å². The predicted octanol–water partition coefficient (Wildman–Crippen LogP) is 1.60. The van der Waals surface area contributed by atoms with Crippen molar-refractivity contribution >= 4 is 11.6 Å². The van der Waals surface area contributed by atoms with Crippen molar-refractivity contribution in [2.75, 3.05) is 38.2 Å². The fourth-order valence-electron chi connectivity index (χ4n) is 3.08. The van der Waals surface area contributed by atoms with Crippen molar-refractivity contribution < 1.29 is 9.53 Å². The fraction of sp³-hybridized carbons (Fsp3) is 0.588. The quantitative estimate of drug-likeness (QED) is 0.867. The molecule has 0 radical (unpaired) electrons. The third kappa shape index (κ3) is 4.53. The zero-order valence-corrected chi connectivity index (χ0v) is 13.0. The molecule has 1 aromatic carbocycles. The Kier molecular flexibility index (Phi) is 5.43. The summed E-state index contributed by atoms with van der Waals surface area (Å²) in [5.74, 6) is 0.0975. The smallest absolute Gasteiger partial charge is 0.225 e. The number of nitrogens with zero attached hydrogens (tertiary/aromatic N) is 1. The second-order valence-electron chi connectivity index (χ2n) is 6.13. The molecule has 1 atom stereocenters. The average Bonchev–Trinajstić information content (AvgIpc) is 3.03.